The minimum atomic E-state index is -4.01. The Kier molecular flexibility index (Phi) is 6.85. The molecule has 3 aromatic carbocycles. The van der Waals surface area contributed by atoms with E-state index in [1.54, 1.807) is 48.5 Å². The fourth-order valence-electron chi connectivity index (χ4n) is 3.27. The number of halogens is 2. The number of amides is 1. The van der Waals surface area contributed by atoms with Gasteiger partial charge in [-0.25, -0.2) is 8.42 Å². The van der Waals surface area contributed by atoms with Gasteiger partial charge < -0.3 is 5.32 Å². The first kappa shape index (κ1) is 23.4. The number of sulfonamides is 1. The van der Waals surface area contributed by atoms with Gasteiger partial charge in [-0.2, -0.15) is 8.75 Å². The Labute approximate surface area is 205 Å². The molecule has 11 heteroatoms. The van der Waals surface area contributed by atoms with Gasteiger partial charge in [-0.1, -0.05) is 41.4 Å². The number of carbonyl (C=O) groups excluding carboxylic acids is 1. The van der Waals surface area contributed by atoms with Crippen LogP contribution in [-0.4, -0.2) is 29.6 Å². The van der Waals surface area contributed by atoms with Crippen molar-refractivity contribution in [2.45, 2.75) is 18.2 Å². The number of benzene rings is 3. The molecule has 1 amide bonds. The molecule has 0 radical (unpaired) electrons. The van der Waals surface area contributed by atoms with Crippen molar-refractivity contribution in [3.05, 3.63) is 81.3 Å². The van der Waals surface area contributed by atoms with Crippen LogP contribution in [0.1, 0.15) is 21.5 Å². The molecule has 4 aromatic rings. The molecule has 4 rings (SSSR count). The molecule has 7 nitrogen and oxygen atoms in total. The summed E-state index contributed by atoms with van der Waals surface area (Å²) in [5, 5.41) is 3.87. The zero-order valence-electron chi connectivity index (χ0n) is 17.3. The molecule has 0 spiro atoms. The van der Waals surface area contributed by atoms with Gasteiger partial charge in [0.15, 0.2) is 0 Å². The van der Waals surface area contributed by atoms with Crippen LogP contribution in [0.25, 0.3) is 11.0 Å². The van der Waals surface area contributed by atoms with E-state index in [2.05, 4.69) is 18.8 Å². The average Bonchev–Trinajstić information content (AvgIpc) is 3.24. The molecule has 2 N–H and O–H groups in total. The molecule has 33 heavy (non-hydrogen) atoms. The predicted molar refractivity (Wildman–Crippen MR) is 132 cm³/mol. The van der Waals surface area contributed by atoms with Crippen molar-refractivity contribution in [2.24, 2.45) is 0 Å². The van der Waals surface area contributed by atoms with Gasteiger partial charge in [0.2, 0.25) is 0 Å². The molecule has 0 unspecified atom stereocenters. The summed E-state index contributed by atoms with van der Waals surface area (Å²) in [4.78, 5) is 12.9. The maximum atomic E-state index is 13.1. The maximum Gasteiger partial charge on any atom is 0.264 e. The molecule has 0 atom stereocenters. The maximum absolute atomic E-state index is 13.1. The van der Waals surface area contributed by atoms with Crippen molar-refractivity contribution < 1.29 is 13.2 Å². The highest BCUT2D eigenvalue weighted by atomic mass is 35.5. The normalized spacial score (nSPS) is 11.5. The summed E-state index contributed by atoms with van der Waals surface area (Å²) in [6.45, 7) is 2.12. The predicted octanol–water partition coefficient (Wildman–Crippen LogP) is 5.08. The minimum Gasteiger partial charge on any atom is -0.352 e. The van der Waals surface area contributed by atoms with Crippen LogP contribution in [0, 0.1) is 6.92 Å². The Morgan fingerprint density at radius 1 is 1.06 bits per heavy atom. The lowest BCUT2D eigenvalue weighted by molar-refractivity contribution is 0.0955. The van der Waals surface area contributed by atoms with Crippen LogP contribution < -0.4 is 10.0 Å². The molecule has 1 aromatic heterocycles. The van der Waals surface area contributed by atoms with E-state index in [0.29, 0.717) is 28.5 Å². The summed E-state index contributed by atoms with van der Waals surface area (Å²) >= 11 is 13.0. The van der Waals surface area contributed by atoms with Gasteiger partial charge in [-0.3, -0.25) is 9.52 Å². The van der Waals surface area contributed by atoms with Crippen LogP contribution in [0.15, 0.2) is 59.5 Å². The number of aryl methyl sites for hydroxylation is 1. The SMILES string of the molecule is Cc1ccc(C(=O)NCCc2ccc(Cl)cc2Cl)c(NS(=O)(=O)c2cccc3nsnc23)c1. The quantitative estimate of drug-likeness (QED) is 0.353. The molecule has 0 fully saturated rings. The summed E-state index contributed by atoms with van der Waals surface area (Å²) in [6.07, 6.45) is 0.494. The number of hydrogen-bond acceptors (Lipinski definition) is 6. The van der Waals surface area contributed by atoms with E-state index in [1.807, 2.05) is 6.92 Å². The van der Waals surface area contributed by atoms with E-state index in [4.69, 9.17) is 23.2 Å². The molecular weight excluding hydrogens is 503 g/mol. The van der Waals surface area contributed by atoms with Gasteiger partial charge in [0.05, 0.1) is 23.0 Å². The molecule has 0 aliphatic carbocycles. The second-order valence-corrected chi connectivity index (χ2v) is 10.3. The third-order valence-corrected chi connectivity index (χ3v) is 7.42. The van der Waals surface area contributed by atoms with Crippen LogP contribution in [0.2, 0.25) is 10.0 Å². The third kappa shape index (κ3) is 5.27. The summed E-state index contributed by atoms with van der Waals surface area (Å²) in [7, 11) is -4.01. The van der Waals surface area contributed by atoms with Crippen molar-refractivity contribution in [3.8, 4) is 0 Å². The van der Waals surface area contributed by atoms with Crippen molar-refractivity contribution in [2.75, 3.05) is 11.3 Å². The van der Waals surface area contributed by atoms with E-state index >= 15 is 0 Å². The monoisotopic (exact) mass is 520 g/mol. The number of fused-ring (bicyclic) bond motifs is 1. The summed E-state index contributed by atoms with van der Waals surface area (Å²) in [5.74, 6) is -0.411. The third-order valence-electron chi connectivity index (χ3n) is 4.90. The van der Waals surface area contributed by atoms with Crippen molar-refractivity contribution in [1.82, 2.24) is 14.1 Å². The summed E-state index contributed by atoms with van der Waals surface area (Å²) in [5.41, 5.74) is 2.80. The first-order valence-electron chi connectivity index (χ1n) is 9.81. The molecule has 0 saturated carbocycles. The average molecular weight is 521 g/mol. The van der Waals surface area contributed by atoms with Gasteiger partial charge in [0.25, 0.3) is 15.9 Å². The first-order chi connectivity index (χ1) is 15.7. The molecule has 1 heterocycles. The fourth-order valence-corrected chi connectivity index (χ4v) is 5.61. The van der Waals surface area contributed by atoms with Gasteiger partial charge in [0, 0.05) is 16.6 Å². The Balaban J connectivity index is 1.54. The van der Waals surface area contributed by atoms with Crippen LogP contribution >= 0.6 is 34.9 Å². The van der Waals surface area contributed by atoms with Crippen LogP contribution in [-0.2, 0) is 16.4 Å². The Morgan fingerprint density at radius 3 is 2.67 bits per heavy atom. The molecule has 170 valence electrons. The van der Waals surface area contributed by atoms with E-state index < -0.39 is 15.9 Å². The van der Waals surface area contributed by atoms with Gasteiger partial charge >= 0.3 is 0 Å². The van der Waals surface area contributed by atoms with Crippen LogP contribution in [0.3, 0.4) is 0 Å². The first-order valence-corrected chi connectivity index (χ1v) is 12.8. The Bertz CT molecular complexity index is 1460. The van der Waals surface area contributed by atoms with Crippen LogP contribution in [0.5, 0.6) is 0 Å². The summed E-state index contributed by atoms with van der Waals surface area (Å²) < 4.78 is 37.0. The summed E-state index contributed by atoms with van der Waals surface area (Å²) in [6, 6.07) is 14.9. The van der Waals surface area contributed by atoms with Gasteiger partial charge in [-0.05, 0) is 60.9 Å². The number of hydrogen-bond donors (Lipinski definition) is 2. The lowest BCUT2D eigenvalue weighted by Gasteiger charge is -2.14. The largest absolute Gasteiger partial charge is 0.352 e. The highest BCUT2D eigenvalue weighted by molar-refractivity contribution is 7.93. The van der Waals surface area contributed by atoms with E-state index in [9.17, 15) is 13.2 Å². The molecular formula is C22H18Cl2N4O3S2. The van der Waals surface area contributed by atoms with Gasteiger partial charge in [0.1, 0.15) is 15.9 Å². The number of nitrogens with one attached hydrogen (secondary N) is 2. The Hall–Kier alpha value is -2.72. The second-order valence-electron chi connectivity index (χ2n) is 7.28. The number of nitrogens with zero attached hydrogens (tertiary/aromatic N) is 2. The number of aromatic nitrogens is 2. The standard InChI is InChI=1S/C22H18Cl2N4O3S2/c1-13-5-8-16(22(29)25-10-9-14-6-7-15(23)12-17(14)24)19(11-13)28-33(30,31)20-4-2-3-18-21(20)27-32-26-18/h2-8,11-12,28H,9-10H2,1H3,(H,25,29). The highest BCUT2D eigenvalue weighted by Crippen LogP contribution is 2.26. The molecule has 0 bridgehead atoms. The lowest BCUT2D eigenvalue weighted by Crippen LogP contribution is -2.27. The number of carbonyl (C=O) groups is 1. The van der Waals surface area contributed by atoms with Crippen molar-refractivity contribution in [3.63, 3.8) is 0 Å². The number of rotatable bonds is 7. The van der Waals surface area contributed by atoms with E-state index in [-0.39, 0.29) is 21.7 Å². The zero-order chi connectivity index (χ0) is 23.6. The molecule has 0 aliphatic heterocycles. The van der Waals surface area contributed by atoms with Crippen LogP contribution in [0.4, 0.5) is 5.69 Å². The number of anilines is 1. The van der Waals surface area contributed by atoms with E-state index in [0.717, 1.165) is 22.9 Å². The highest BCUT2D eigenvalue weighted by Gasteiger charge is 2.22. The van der Waals surface area contributed by atoms with Gasteiger partial charge in [-0.15, -0.1) is 0 Å². The smallest absolute Gasteiger partial charge is 0.264 e. The van der Waals surface area contributed by atoms with Crippen molar-refractivity contribution >= 4 is 67.6 Å². The van der Waals surface area contributed by atoms with Crippen molar-refractivity contribution in [1.29, 1.82) is 0 Å². The fraction of sp³-hybridized carbons (Fsp3) is 0.136. The van der Waals surface area contributed by atoms with E-state index in [1.165, 1.54) is 6.07 Å². The molecule has 0 aliphatic rings. The topological polar surface area (TPSA) is 101 Å². The molecule has 0 saturated heterocycles. The lowest BCUT2D eigenvalue weighted by atomic mass is 10.1. The minimum absolute atomic E-state index is 0.000931. The second kappa shape index (κ2) is 9.64. The zero-order valence-corrected chi connectivity index (χ0v) is 20.4. The Morgan fingerprint density at radius 2 is 1.88 bits per heavy atom.